The number of rotatable bonds is 8. The number of ether oxygens (including phenoxy) is 1. The van der Waals surface area contributed by atoms with Crippen LogP contribution in [0.15, 0.2) is 65.6 Å². The fraction of sp³-hybridized carbons (Fsp3) is 0.292. The van der Waals surface area contributed by atoms with Crippen molar-refractivity contribution < 1.29 is 9.53 Å². The summed E-state index contributed by atoms with van der Waals surface area (Å²) in [5.41, 5.74) is 2.33. The molecule has 0 bridgehead atoms. The largest absolute Gasteiger partial charge is 0.497 e. The molecule has 3 aromatic rings. The molecule has 3 aromatic carbocycles. The van der Waals surface area contributed by atoms with Gasteiger partial charge < -0.3 is 9.64 Å². The molecule has 0 atom stereocenters. The third-order valence-electron chi connectivity index (χ3n) is 4.97. The second kappa shape index (κ2) is 9.81. The summed E-state index contributed by atoms with van der Waals surface area (Å²) in [5.74, 6) is 0.965. The van der Waals surface area contributed by atoms with Crippen LogP contribution in [0.1, 0.15) is 11.1 Å². The van der Waals surface area contributed by atoms with Crippen LogP contribution >= 0.6 is 11.8 Å². The van der Waals surface area contributed by atoms with Gasteiger partial charge in [-0.15, -0.1) is 11.8 Å². The van der Waals surface area contributed by atoms with Crippen LogP contribution in [0.5, 0.6) is 5.75 Å². The maximum absolute atomic E-state index is 12.7. The molecule has 0 saturated carbocycles. The molecular formula is C24H28N2O2S. The first-order valence-electron chi connectivity index (χ1n) is 9.60. The number of methoxy groups -OCH3 is 1. The Morgan fingerprint density at radius 2 is 1.55 bits per heavy atom. The van der Waals surface area contributed by atoms with Crippen molar-refractivity contribution in [3.8, 4) is 5.75 Å². The molecule has 0 aliphatic rings. The highest BCUT2D eigenvalue weighted by molar-refractivity contribution is 7.98. The van der Waals surface area contributed by atoms with Gasteiger partial charge in [0.2, 0.25) is 5.91 Å². The fourth-order valence-electron chi connectivity index (χ4n) is 3.31. The van der Waals surface area contributed by atoms with Crippen molar-refractivity contribution in [1.29, 1.82) is 0 Å². The molecule has 0 radical (unpaired) electrons. The fourth-order valence-corrected chi connectivity index (χ4v) is 3.72. The predicted octanol–water partition coefficient (Wildman–Crippen LogP) is 4.66. The molecule has 3 rings (SSSR count). The normalized spacial score (nSPS) is 11.1. The van der Waals surface area contributed by atoms with Gasteiger partial charge in [0.1, 0.15) is 5.75 Å². The average molecular weight is 409 g/mol. The van der Waals surface area contributed by atoms with Crippen molar-refractivity contribution in [2.24, 2.45) is 0 Å². The molecule has 29 heavy (non-hydrogen) atoms. The molecule has 152 valence electrons. The van der Waals surface area contributed by atoms with Crippen molar-refractivity contribution >= 4 is 28.4 Å². The number of nitrogens with zero attached hydrogens (tertiary/aromatic N) is 2. The quantitative estimate of drug-likeness (QED) is 0.508. The van der Waals surface area contributed by atoms with Crippen molar-refractivity contribution in [2.45, 2.75) is 18.0 Å². The van der Waals surface area contributed by atoms with E-state index in [1.165, 1.54) is 10.5 Å². The summed E-state index contributed by atoms with van der Waals surface area (Å²) in [6.07, 6.45) is 2.07. The third kappa shape index (κ3) is 5.75. The Labute approximate surface area is 177 Å². The highest BCUT2D eigenvalue weighted by Gasteiger charge is 2.13. The Morgan fingerprint density at radius 1 is 0.897 bits per heavy atom. The Balaban J connectivity index is 1.57. The van der Waals surface area contributed by atoms with Gasteiger partial charge in [-0.2, -0.15) is 0 Å². The van der Waals surface area contributed by atoms with E-state index in [0.29, 0.717) is 13.1 Å². The van der Waals surface area contributed by atoms with Crippen LogP contribution in [0.25, 0.3) is 10.8 Å². The van der Waals surface area contributed by atoms with Gasteiger partial charge in [-0.05, 0) is 65.5 Å². The summed E-state index contributed by atoms with van der Waals surface area (Å²) < 4.78 is 5.28. The van der Waals surface area contributed by atoms with Gasteiger partial charge in [0.25, 0.3) is 0 Å². The summed E-state index contributed by atoms with van der Waals surface area (Å²) >= 11 is 1.73. The summed E-state index contributed by atoms with van der Waals surface area (Å²) in [4.78, 5) is 17.8. The monoisotopic (exact) mass is 408 g/mol. The van der Waals surface area contributed by atoms with Crippen molar-refractivity contribution in [1.82, 2.24) is 9.80 Å². The van der Waals surface area contributed by atoms with Gasteiger partial charge in [-0.1, -0.05) is 30.3 Å². The van der Waals surface area contributed by atoms with E-state index in [-0.39, 0.29) is 5.91 Å². The number of thioether (sulfide) groups is 1. The highest BCUT2D eigenvalue weighted by Crippen LogP contribution is 2.22. The number of carbonyl (C=O) groups excluding carboxylic acids is 1. The predicted molar refractivity (Wildman–Crippen MR) is 122 cm³/mol. The number of carbonyl (C=O) groups is 1. The average Bonchev–Trinajstić information content (AvgIpc) is 2.73. The summed E-state index contributed by atoms with van der Waals surface area (Å²) in [6.45, 7) is 1.74. The first kappa shape index (κ1) is 21.2. The van der Waals surface area contributed by atoms with Gasteiger partial charge in [-0.25, -0.2) is 0 Å². The second-order valence-electron chi connectivity index (χ2n) is 7.32. The first-order chi connectivity index (χ1) is 14.0. The molecule has 0 aliphatic heterocycles. The van der Waals surface area contributed by atoms with E-state index >= 15 is 0 Å². The zero-order valence-corrected chi connectivity index (χ0v) is 18.3. The van der Waals surface area contributed by atoms with Gasteiger partial charge in [0.15, 0.2) is 0 Å². The van der Waals surface area contributed by atoms with Gasteiger partial charge >= 0.3 is 0 Å². The number of fused-ring (bicyclic) bond motifs is 1. The van der Waals surface area contributed by atoms with Crippen molar-refractivity contribution in [2.75, 3.05) is 34.0 Å². The first-order valence-corrected chi connectivity index (χ1v) is 10.8. The number of hydrogen-bond acceptors (Lipinski definition) is 4. The third-order valence-corrected chi connectivity index (χ3v) is 5.72. The van der Waals surface area contributed by atoms with Gasteiger partial charge in [0, 0.05) is 25.0 Å². The van der Waals surface area contributed by atoms with E-state index in [2.05, 4.69) is 59.7 Å². The van der Waals surface area contributed by atoms with Crippen molar-refractivity contribution in [3.63, 3.8) is 0 Å². The minimum atomic E-state index is 0.114. The SMILES string of the molecule is COc1ccc2cc(CN(C)C(=O)CN(C)Cc3ccc(SC)cc3)ccc2c1. The van der Waals surface area contributed by atoms with E-state index < -0.39 is 0 Å². The van der Waals surface area contributed by atoms with E-state index in [9.17, 15) is 4.79 Å². The maximum Gasteiger partial charge on any atom is 0.236 e. The lowest BCUT2D eigenvalue weighted by molar-refractivity contribution is -0.131. The van der Waals surface area contributed by atoms with E-state index in [4.69, 9.17) is 4.74 Å². The number of likely N-dealkylation sites (N-methyl/N-ethyl adjacent to an activating group) is 2. The Morgan fingerprint density at radius 3 is 2.24 bits per heavy atom. The minimum absolute atomic E-state index is 0.114. The molecule has 0 N–H and O–H groups in total. The summed E-state index contributed by atoms with van der Waals surface area (Å²) in [6, 6.07) is 20.8. The number of benzene rings is 3. The molecule has 0 aliphatic carbocycles. The van der Waals surface area contributed by atoms with Gasteiger partial charge in [-0.3, -0.25) is 9.69 Å². The maximum atomic E-state index is 12.7. The molecule has 4 nitrogen and oxygen atoms in total. The molecule has 5 heteroatoms. The highest BCUT2D eigenvalue weighted by atomic mass is 32.2. The summed E-state index contributed by atoms with van der Waals surface area (Å²) in [5, 5.41) is 2.28. The molecule has 0 aromatic heterocycles. The standard InChI is InChI=1S/C24H28N2O2S/c1-25(15-18-6-11-23(29-4)12-7-18)17-24(27)26(2)16-19-5-8-21-14-22(28-3)10-9-20(21)13-19/h5-14H,15-17H2,1-4H3. The number of amides is 1. The number of hydrogen-bond donors (Lipinski definition) is 0. The molecule has 0 saturated heterocycles. The molecule has 0 spiro atoms. The van der Waals surface area contributed by atoms with Crippen LogP contribution in [0, 0.1) is 0 Å². The Kier molecular flexibility index (Phi) is 7.18. The van der Waals surface area contributed by atoms with Crippen LogP contribution in [-0.2, 0) is 17.9 Å². The van der Waals surface area contributed by atoms with Gasteiger partial charge in [0.05, 0.1) is 13.7 Å². The Hall–Kier alpha value is -2.50. The lowest BCUT2D eigenvalue weighted by Crippen LogP contribution is -2.36. The van der Waals surface area contributed by atoms with E-state index in [1.54, 1.807) is 23.8 Å². The molecule has 0 unspecified atom stereocenters. The minimum Gasteiger partial charge on any atom is -0.497 e. The molecule has 1 amide bonds. The van der Waals surface area contributed by atoms with E-state index in [1.807, 2.05) is 26.2 Å². The van der Waals surface area contributed by atoms with Crippen LogP contribution in [0.2, 0.25) is 0 Å². The zero-order valence-electron chi connectivity index (χ0n) is 17.5. The van der Waals surface area contributed by atoms with E-state index in [0.717, 1.165) is 28.6 Å². The molecular weight excluding hydrogens is 380 g/mol. The summed E-state index contributed by atoms with van der Waals surface area (Å²) in [7, 11) is 5.52. The second-order valence-corrected chi connectivity index (χ2v) is 8.20. The lowest BCUT2D eigenvalue weighted by Gasteiger charge is -2.22. The Bertz CT molecular complexity index is 972. The topological polar surface area (TPSA) is 32.8 Å². The van der Waals surface area contributed by atoms with Crippen LogP contribution in [0.4, 0.5) is 0 Å². The smallest absolute Gasteiger partial charge is 0.236 e. The van der Waals surface area contributed by atoms with Crippen LogP contribution in [0.3, 0.4) is 0 Å². The zero-order chi connectivity index (χ0) is 20.8. The molecule has 0 heterocycles. The van der Waals surface area contributed by atoms with Crippen molar-refractivity contribution in [3.05, 3.63) is 71.8 Å². The molecule has 0 fully saturated rings. The van der Waals surface area contributed by atoms with Crippen LogP contribution < -0.4 is 4.74 Å². The lowest BCUT2D eigenvalue weighted by atomic mass is 10.1. The van der Waals surface area contributed by atoms with Crippen LogP contribution in [-0.4, -0.2) is 49.7 Å².